The number of hydrogen-bond acceptors (Lipinski definition) is 4. The second-order valence-corrected chi connectivity index (χ2v) is 7.47. The van der Waals surface area contributed by atoms with Crippen LogP contribution in [-0.4, -0.2) is 24.2 Å². The van der Waals surface area contributed by atoms with Crippen molar-refractivity contribution < 1.29 is 9.53 Å². The summed E-state index contributed by atoms with van der Waals surface area (Å²) in [6.45, 7) is 4.86. The topological polar surface area (TPSA) is 63.2 Å². The van der Waals surface area contributed by atoms with E-state index in [1.165, 1.54) is 16.9 Å². The number of carbonyl (C=O) groups excluding carboxylic acids is 1. The van der Waals surface area contributed by atoms with Gasteiger partial charge in [-0.2, -0.15) is 0 Å². The van der Waals surface area contributed by atoms with Gasteiger partial charge in [-0.25, -0.2) is 9.78 Å². The molecule has 2 atom stereocenters. The third-order valence-electron chi connectivity index (χ3n) is 4.33. The fraction of sp³-hybridized carbons (Fsp3) is 0.412. The zero-order valence-electron chi connectivity index (χ0n) is 13.5. The molecule has 1 fully saturated rings. The van der Waals surface area contributed by atoms with Gasteiger partial charge in [0.05, 0.1) is 11.5 Å². The maximum atomic E-state index is 12.2. The molecule has 1 aliphatic carbocycles. The van der Waals surface area contributed by atoms with Gasteiger partial charge in [-0.05, 0) is 11.0 Å². The van der Waals surface area contributed by atoms with E-state index < -0.39 is 0 Å². The molecule has 0 saturated heterocycles. The summed E-state index contributed by atoms with van der Waals surface area (Å²) in [6.07, 6.45) is 1.72. The highest BCUT2D eigenvalue weighted by atomic mass is 32.1. The van der Waals surface area contributed by atoms with Crippen molar-refractivity contribution in [2.24, 2.45) is 5.41 Å². The summed E-state index contributed by atoms with van der Waals surface area (Å²) in [5.41, 5.74) is 1.32. The van der Waals surface area contributed by atoms with E-state index >= 15 is 0 Å². The fourth-order valence-electron chi connectivity index (χ4n) is 3.04. The van der Waals surface area contributed by atoms with Gasteiger partial charge in [-0.1, -0.05) is 55.5 Å². The van der Waals surface area contributed by atoms with Gasteiger partial charge < -0.3 is 10.1 Å². The van der Waals surface area contributed by atoms with Crippen LogP contribution in [0.15, 0.2) is 36.5 Å². The van der Waals surface area contributed by atoms with Gasteiger partial charge in [0.1, 0.15) is 0 Å². The van der Waals surface area contributed by atoms with Crippen LogP contribution in [0.5, 0.6) is 0 Å². The molecule has 1 heterocycles. The summed E-state index contributed by atoms with van der Waals surface area (Å²) in [7, 11) is 1.64. The van der Waals surface area contributed by atoms with Crippen LogP contribution in [0.2, 0.25) is 0 Å². The van der Waals surface area contributed by atoms with Gasteiger partial charge in [-0.3, -0.25) is 5.32 Å². The van der Waals surface area contributed by atoms with E-state index in [9.17, 15) is 4.79 Å². The largest absolute Gasteiger partial charge is 0.379 e. The lowest BCUT2D eigenvalue weighted by Crippen LogP contribution is -2.33. The molecular weight excluding hydrogens is 310 g/mol. The molecule has 1 aliphatic rings. The summed E-state index contributed by atoms with van der Waals surface area (Å²) >= 11 is 1.42. The first-order valence-electron chi connectivity index (χ1n) is 7.58. The first kappa shape index (κ1) is 16.0. The van der Waals surface area contributed by atoms with E-state index in [4.69, 9.17) is 4.74 Å². The lowest BCUT2D eigenvalue weighted by Gasteiger charge is -2.06. The SMILES string of the molecule is COCc1cnc(NC(=O)N[C@@H]2[C@@H](c3ccccc3)C2(C)C)s1. The third-order valence-corrected chi connectivity index (χ3v) is 5.22. The predicted molar refractivity (Wildman–Crippen MR) is 91.7 cm³/mol. The van der Waals surface area contributed by atoms with E-state index in [2.05, 4.69) is 41.6 Å². The number of anilines is 1. The maximum absolute atomic E-state index is 12.2. The molecule has 0 aliphatic heterocycles. The van der Waals surface area contributed by atoms with Gasteiger partial charge >= 0.3 is 6.03 Å². The Balaban J connectivity index is 1.59. The first-order valence-corrected chi connectivity index (χ1v) is 8.40. The van der Waals surface area contributed by atoms with Crippen LogP contribution in [0.1, 0.15) is 30.2 Å². The van der Waals surface area contributed by atoms with E-state index in [0.29, 0.717) is 17.7 Å². The van der Waals surface area contributed by atoms with Crippen molar-refractivity contribution >= 4 is 22.5 Å². The average Bonchev–Trinajstić information content (AvgIpc) is 2.83. The Labute approximate surface area is 140 Å². The first-order chi connectivity index (χ1) is 11.0. The van der Waals surface area contributed by atoms with Gasteiger partial charge in [-0.15, -0.1) is 0 Å². The lowest BCUT2D eigenvalue weighted by molar-refractivity contribution is 0.187. The predicted octanol–water partition coefficient (Wildman–Crippen LogP) is 3.60. The zero-order valence-corrected chi connectivity index (χ0v) is 14.3. The Morgan fingerprint density at radius 1 is 1.35 bits per heavy atom. The number of urea groups is 1. The number of rotatable bonds is 5. The molecule has 0 unspecified atom stereocenters. The minimum absolute atomic E-state index is 0.0583. The number of ether oxygens (including phenoxy) is 1. The molecule has 2 amide bonds. The molecule has 3 rings (SSSR count). The number of carbonyl (C=O) groups is 1. The molecular formula is C17H21N3O2S. The van der Waals surface area contributed by atoms with E-state index in [1.54, 1.807) is 13.3 Å². The molecule has 1 aromatic carbocycles. The Morgan fingerprint density at radius 2 is 2.09 bits per heavy atom. The van der Waals surface area contributed by atoms with Gasteiger partial charge in [0.15, 0.2) is 5.13 Å². The highest BCUT2D eigenvalue weighted by molar-refractivity contribution is 7.15. The van der Waals surface area contributed by atoms with Gasteiger partial charge in [0.25, 0.3) is 0 Å². The van der Waals surface area contributed by atoms with Crippen LogP contribution in [-0.2, 0) is 11.3 Å². The van der Waals surface area contributed by atoms with Crippen LogP contribution in [0.4, 0.5) is 9.93 Å². The molecule has 0 spiro atoms. The quantitative estimate of drug-likeness (QED) is 0.880. The highest BCUT2D eigenvalue weighted by Crippen LogP contribution is 2.58. The Bertz CT molecular complexity index is 684. The Morgan fingerprint density at radius 3 is 2.78 bits per heavy atom. The normalized spacial score (nSPS) is 21.7. The zero-order chi connectivity index (χ0) is 16.4. The van der Waals surface area contributed by atoms with Crippen molar-refractivity contribution in [3.05, 3.63) is 47.0 Å². The van der Waals surface area contributed by atoms with Crippen molar-refractivity contribution in [3.8, 4) is 0 Å². The maximum Gasteiger partial charge on any atom is 0.321 e. The number of nitrogens with one attached hydrogen (secondary N) is 2. The second kappa shape index (κ2) is 6.29. The molecule has 1 saturated carbocycles. The molecule has 2 aromatic rings. The number of hydrogen-bond donors (Lipinski definition) is 2. The Kier molecular flexibility index (Phi) is 4.37. The van der Waals surface area contributed by atoms with Crippen LogP contribution >= 0.6 is 11.3 Å². The number of aromatic nitrogens is 1. The summed E-state index contributed by atoms with van der Waals surface area (Å²) in [6, 6.07) is 10.2. The molecule has 23 heavy (non-hydrogen) atoms. The van der Waals surface area contributed by atoms with Crippen molar-refractivity contribution in [2.45, 2.75) is 32.4 Å². The smallest absolute Gasteiger partial charge is 0.321 e. The van der Waals surface area contributed by atoms with Crippen molar-refractivity contribution in [1.82, 2.24) is 10.3 Å². The number of benzene rings is 1. The molecule has 1 aromatic heterocycles. The monoisotopic (exact) mass is 331 g/mol. The summed E-state index contributed by atoms with van der Waals surface area (Å²) < 4.78 is 5.05. The molecule has 0 bridgehead atoms. The third kappa shape index (κ3) is 3.38. The standard InChI is InChI=1S/C17H21N3O2S/c1-17(2)13(11-7-5-4-6-8-11)14(17)19-15(21)20-16-18-9-12(23-16)10-22-3/h4-9,13-14H,10H2,1-3H3,(H2,18,19,20,21)/t13-,14-/m1/s1. The van der Waals surface area contributed by atoms with Crippen molar-refractivity contribution in [3.63, 3.8) is 0 Å². The summed E-state index contributed by atoms with van der Waals surface area (Å²) in [5.74, 6) is 0.342. The Hall–Kier alpha value is -1.92. The lowest BCUT2D eigenvalue weighted by atomic mass is 10.0. The molecule has 6 heteroatoms. The van der Waals surface area contributed by atoms with Crippen LogP contribution in [0.25, 0.3) is 0 Å². The minimum atomic E-state index is -0.208. The highest BCUT2D eigenvalue weighted by Gasteiger charge is 2.59. The average molecular weight is 331 g/mol. The molecule has 0 radical (unpaired) electrons. The molecule has 5 nitrogen and oxygen atoms in total. The van der Waals surface area contributed by atoms with E-state index in [0.717, 1.165) is 4.88 Å². The van der Waals surface area contributed by atoms with Crippen molar-refractivity contribution in [2.75, 3.05) is 12.4 Å². The molecule has 122 valence electrons. The second-order valence-electron chi connectivity index (χ2n) is 6.35. The number of methoxy groups -OCH3 is 1. The summed E-state index contributed by atoms with van der Waals surface area (Å²) in [4.78, 5) is 17.4. The molecule has 2 N–H and O–H groups in total. The van der Waals surface area contributed by atoms with Gasteiger partial charge in [0, 0.05) is 25.3 Å². The van der Waals surface area contributed by atoms with Gasteiger partial charge in [0.2, 0.25) is 0 Å². The van der Waals surface area contributed by atoms with E-state index in [-0.39, 0.29) is 17.5 Å². The van der Waals surface area contributed by atoms with Crippen LogP contribution in [0.3, 0.4) is 0 Å². The number of amides is 2. The van der Waals surface area contributed by atoms with E-state index in [1.807, 2.05) is 18.2 Å². The van der Waals surface area contributed by atoms with Crippen LogP contribution < -0.4 is 10.6 Å². The minimum Gasteiger partial charge on any atom is -0.379 e. The number of nitrogens with zero attached hydrogens (tertiary/aromatic N) is 1. The number of thiazole rings is 1. The fourth-order valence-corrected chi connectivity index (χ4v) is 3.82. The van der Waals surface area contributed by atoms with Crippen LogP contribution in [0, 0.1) is 5.41 Å². The summed E-state index contributed by atoms with van der Waals surface area (Å²) in [5, 5.41) is 6.46. The van der Waals surface area contributed by atoms with Crippen molar-refractivity contribution in [1.29, 1.82) is 0 Å².